The number of rotatable bonds is 7. The van der Waals surface area contributed by atoms with Gasteiger partial charge in [0.1, 0.15) is 12.4 Å². The first-order chi connectivity index (χ1) is 19.5. The second-order valence-electron chi connectivity index (χ2n) is 9.88. The second kappa shape index (κ2) is 11.5. The van der Waals surface area contributed by atoms with E-state index in [4.69, 9.17) is 4.74 Å². The Hall–Kier alpha value is -3.99. The van der Waals surface area contributed by atoms with Crippen molar-refractivity contribution in [1.82, 2.24) is 4.98 Å². The minimum Gasteiger partial charge on any atom is -0.485 e. The lowest BCUT2D eigenvalue weighted by atomic mass is 9.97. The van der Waals surface area contributed by atoms with Crippen LogP contribution in [-0.2, 0) is 17.6 Å². The Morgan fingerprint density at radius 1 is 1.05 bits per heavy atom. The lowest BCUT2D eigenvalue weighted by Gasteiger charge is -2.29. The molecule has 5 rings (SSSR count). The zero-order valence-electron chi connectivity index (χ0n) is 21.8. The third kappa shape index (κ3) is 6.35. The molecular formula is C30H25F5N2O3S. The predicted molar refractivity (Wildman–Crippen MR) is 146 cm³/mol. The lowest BCUT2D eigenvalue weighted by Crippen LogP contribution is -2.36. The van der Waals surface area contributed by atoms with Crippen molar-refractivity contribution in [3.8, 4) is 28.1 Å². The number of aromatic nitrogens is 1. The van der Waals surface area contributed by atoms with Crippen LogP contribution in [0.3, 0.4) is 0 Å². The number of nitrogens with zero attached hydrogens (tertiary/aromatic N) is 2. The molecule has 2 heterocycles. The largest absolute Gasteiger partial charge is 0.485 e. The van der Waals surface area contributed by atoms with Crippen LogP contribution in [0.25, 0.3) is 22.4 Å². The normalized spacial score (nSPS) is 14.3. The Kier molecular flexibility index (Phi) is 7.99. The Balaban J connectivity index is 1.33. The van der Waals surface area contributed by atoms with Crippen LogP contribution in [0.2, 0.25) is 0 Å². The molecule has 0 atom stereocenters. The molecule has 11 heteroatoms. The smallest absolute Gasteiger partial charge is 0.416 e. The monoisotopic (exact) mass is 588 g/mol. The summed E-state index contributed by atoms with van der Waals surface area (Å²) in [6.45, 7) is 2.82. The fourth-order valence-corrected chi connectivity index (χ4v) is 5.67. The van der Waals surface area contributed by atoms with Gasteiger partial charge in [-0.15, -0.1) is 11.3 Å². The molecule has 0 unspecified atom stereocenters. The highest BCUT2D eigenvalue weighted by molar-refractivity contribution is 7.14. The molecule has 1 fully saturated rings. The van der Waals surface area contributed by atoms with Crippen molar-refractivity contribution in [3.05, 3.63) is 88.3 Å². The van der Waals surface area contributed by atoms with Gasteiger partial charge in [-0.25, -0.2) is 13.8 Å². The fourth-order valence-electron chi connectivity index (χ4n) is 4.79. The van der Waals surface area contributed by atoms with E-state index < -0.39 is 35.3 Å². The molecule has 5 nitrogen and oxygen atoms in total. The average molecular weight is 589 g/mol. The summed E-state index contributed by atoms with van der Waals surface area (Å²) in [5.41, 5.74) is 2.61. The Labute approximate surface area is 236 Å². The summed E-state index contributed by atoms with van der Waals surface area (Å²) in [6, 6.07) is 12.1. The third-order valence-corrected chi connectivity index (χ3v) is 8.05. The van der Waals surface area contributed by atoms with Gasteiger partial charge in [0, 0.05) is 30.1 Å². The first-order valence-corrected chi connectivity index (χ1v) is 13.7. The number of piperidine rings is 1. The highest BCUT2D eigenvalue weighted by Crippen LogP contribution is 2.38. The van der Waals surface area contributed by atoms with Gasteiger partial charge in [0.05, 0.1) is 17.2 Å². The molecule has 41 heavy (non-hydrogen) atoms. The number of hydrogen-bond acceptors (Lipinski definition) is 5. The van der Waals surface area contributed by atoms with Crippen LogP contribution in [0, 0.1) is 24.5 Å². The van der Waals surface area contributed by atoms with Gasteiger partial charge in [0.25, 0.3) is 0 Å². The minimum absolute atomic E-state index is 0.0334. The molecule has 0 spiro atoms. The number of thiazole rings is 1. The third-order valence-electron chi connectivity index (χ3n) is 7.15. The van der Waals surface area contributed by atoms with Crippen molar-refractivity contribution < 1.29 is 36.6 Å². The van der Waals surface area contributed by atoms with Crippen LogP contribution in [0.5, 0.6) is 5.75 Å². The van der Waals surface area contributed by atoms with E-state index in [1.54, 1.807) is 17.5 Å². The van der Waals surface area contributed by atoms with Crippen LogP contribution in [-0.4, -0.2) is 29.1 Å². The van der Waals surface area contributed by atoms with Gasteiger partial charge in [-0.05, 0) is 60.2 Å². The number of halogens is 5. The Morgan fingerprint density at radius 3 is 2.37 bits per heavy atom. The maximum Gasteiger partial charge on any atom is 0.416 e. The highest BCUT2D eigenvalue weighted by Gasteiger charge is 2.30. The van der Waals surface area contributed by atoms with E-state index in [9.17, 15) is 31.9 Å². The van der Waals surface area contributed by atoms with Crippen LogP contribution >= 0.6 is 11.3 Å². The number of ether oxygens (including phenoxy) is 1. The summed E-state index contributed by atoms with van der Waals surface area (Å²) in [6.07, 6.45) is -3.43. The van der Waals surface area contributed by atoms with Gasteiger partial charge in [-0.1, -0.05) is 30.3 Å². The maximum atomic E-state index is 14.9. The molecule has 4 aromatic rings. The topological polar surface area (TPSA) is 62.7 Å². The molecule has 1 aliphatic heterocycles. The van der Waals surface area contributed by atoms with Gasteiger partial charge >= 0.3 is 12.1 Å². The Bertz CT molecular complexity index is 1560. The molecule has 0 aliphatic carbocycles. The fraction of sp³-hybridized carbons (Fsp3) is 0.267. The molecule has 0 radical (unpaired) electrons. The number of carbonyl (C=O) groups is 1. The van der Waals surface area contributed by atoms with Crippen molar-refractivity contribution in [2.75, 3.05) is 18.0 Å². The number of aryl methyl sites for hydroxylation is 1. The minimum atomic E-state index is -4.41. The molecule has 214 valence electrons. The number of carboxylic acid groups (broad SMARTS) is 1. The summed E-state index contributed by atoms with van der Waals surface area (Å²) in [5.74, 6) is -3.02. The SMILES string of the molecule is Cc1cc(-c2ccc(C(F)(F)F)cc2)ccc1COc1c(F)cc(F)cc1-c1csc(N2CCC(C(=O)O)CC2)n1. The summed E-state index contributed by atoms with van der Waals surface area (Å²) in [5, 5.41) is 11.5. The molecule has 1 saturated heterocycles. The van der Waals surface area contributed by atoms with E-state index in [1.165, 1.54) is 23.5 Å². The van der Waals surface area contributed by atoms with Crippen molar-refractivity contribution in [2.24, 2.45) is 5.92 Å². The summed E-state index contributed by atoms with van der Waals surface area (Å²) < 4.78 is 73.7. The summed E-state index contributed by atoms with van der Waals surface area (Å²) in [4.78, 5) is 17.8. The van der Waals surface area contributed by atoms with Gasteiger partial charge in [0.15, 0.2) is 16.7 Å². The number of anilines is 1. The number of alkyl halides is 3. The molecule has 1 aliphatic rings. The lowest BCUT2D eigenvalue weighted by molar-refractivity contribution is -0.142. The maximum absolute atomic E-state index is 14.9. The summed E-state index contributed by atoms with van der Waals surface area (Å²) in [7, 11) is 0. The molecule has 1 aromatic heterocycles. The number of benzene rings is 3. The number of hydrogen-bond donors (Lipinski definition) is 1. The van der Waals surface area contributed by atoms with Crippen molar-refractivity contribution >= 4 is 22.4 Å². The van der Waals surface area contributed by atoms with Crippen molar-refractivity contribution in [1.29, 1.82) is 0 Å². The van der Waals surface area contributed by atoms with E-state index >= 15 is 0 Å². The molecule has 0 amide bonds. The van der Waals surface area contributed by atoms with Crippen molar-refractivity contribution in [2.45, 2.75) is 32.5 Å². The average Bonchev–Trinajstić information content (AvgIpc) is 3.43. The highest BCUT2D eigenvalue weighted by atomic mass is 32.1. The quantitative estimate of drug-likeness (QED) is 0.222. The van der Waals surface area contributed by atoms with Gasteiger partial charge in [-0.2, -0.15) is 13.2 Å². The zero-order chi connectivity index (χ0) is 29.3. The number of aliphatic carboxylic acids is 1. The van der Waals surface area contributed by atoms with E-state index in [0.717, 1.165) is 41.0 Å². The predicted octanol–water partition coefficient (Wildman–Crippen LogP) is 7.96. The van der Waals surface area contributed by atoms with Gasteiger partial charge < -0.3 is 14.7 Å². The zero-order valence-corrected chi connectivity index (χ0v) is 22.7. The van der Waals surface area contributed by atoms with Gasteiger partial charge in [0.2, 0.25) is 0 Å². The van der Waals surface area contributed by atoms with Crippen molar-refractivity contribution in [3.63, 3.8) is 0 Å². The molecule has 0 bridgehead atoms. The van der Waals surface area contributed by atoms with E-state index in [2.05, 4.69) is 4.98 Å². The first-order valence-electron chi connectivity index (χ1n) is 12.8. The van der Waals surface area contributed by atoms with Crippen LogP contribution < -0.4 is 9.64 Å². The molecular weight excluding hydrogens is 563 g/mol. The molecule has 1 N–H and O–H groups in total. The standard InChI is InChI=1S/C30H25F5N2O3S/c1-17-12-20(18-4-6-22(7-5-18)30(33,34)35)2-3-21(17)15-40-27-24(13-23(31)14-25(27)32)26-16-41-29(36-26)37-10-8-19(9-11-37)28(38)39/h2-7,12-14,16,19H,8-11,15H2,1H3,(H,38,39). The van der Waals surface area contributed by atoms with E-state index in [0.29, 0.717) is 42.3 Å². The Morgan fingerprint density at radius 2 is 1.73 bits per heavy atom. The molecule has 3 aromatic carbocycles. The number of carboxylic acids is 1. The van der Waals surface area contributed by atoms with Crippen LogP contribution in [0.15, 0.2) is 60.0 Å². The van der Waals surface area contributed by atoms with Crippen LogP contribution in [0.1, 0.15) is 29.5 Å². The van der Waals surface area contributed by atoms with E-state index in [-0.39, 0.29) is 17.9 Å². The molecule has 0 saturated carbocycles. The second-order valence-corrected chi connectivity index (χ2v) is 10.7. The first kappa shape index (κ1) is 28.5. The summed E-state index contributed by atoms with van der Waals surface area (Å²) >= 11 is 1.30. The van der Waals surface area contributed by atoms with Gasteiger partial charge in [-0.3, -0.25) is 4.79 Å². The van der Waals surface area contributed by atoms with Crippen LogP contribution in [0.4, 0.5) is 27.1 Å². The van der Waals surface area contributed by atoms with E-state index in [1.807, 2.05) is 17.9 Å².